The number of benzene rings is 1. The molecule has 35 nitrogen and oxygen atoms in total. The van der Waals surface area contributed by atoms with Crippen LogP contribution in [0.4, 0.5) is 10.6 Å². The standard InChI is InChI=1S/C88H131N13O22/c1-55-18-12-11-13-19-56(2)71(113-8)50-66-24-21-61(7)88(112,123-66)82(108)85(109)99-32-16-14-20-70(99)86(110)122-73(51-72(114-9)57(3)45-60(6)80(106)81(107)79(105)59(5)44-55)58(4)46-62-22-26-69(74(47-62)115-10)101-52-64(96-98-101)53-121-87(111)92-31-37-119-41-43-120-42-39-117-35-28-76(104)91-30-36-118-40-38-116-34-27-75(103)90-29-15-17-33-100-84-77(83(89)93-54-94-84)78(97-100)68-49-63-48-65(102)23-25-67(63)95-68/h11-13,18-19,23,25,45,48-49,52,54-55,57-59,61-62,66,69-74,80-81,95,102,106-107,112H,14-17,20-22,24,26-44,46-47,50-51,53H2,1-10H3,(H,90,103)(H,91,104)(H,92,111)(H2,89,93,94)/b13-11+,18-12+,56-19+,60-45+/t55-,57-,58-,59-,61-,62+,66+,69+,70+,71+,72-,73+,74-,80-,81+,88-/m1/s1. The first-order chi connectivity index (χ1) is 59.2. The number of nitrogens with one attached hydrogen (secondary N) is 4. The van der Waals surface area contributed by atoms with E-state index in [9.17, 15) is 54.0 Å². The second kappa shape index (κ2) is 49.6. The molecular formula is C88H131N13O22. The van der Waals surface area contributed by atoms with E-state index in [0.717, 1.165) is 35.0 Å². The van der Waals surface area contributed by atoms with Crippen molar-refractivity contribution in [2.45, 2.75) is 225 Å². The molecule has 3 aliphatic heterocycles. The molecule has 2 bridgehead atoms. The number of rotatable bonds is 36. The highest BCUT2D eigenvalue weighted by atomic mass is 16.6. The third kappa shape index (κ3) is 29.0. The van der Waals surface area contributed by atoms with Crippen molar-refractivity contribution >= 4 is 69.1 Å². The van der Waals surface area contributed by atoms with Crippen LogP contribution in [0.2, 0.25) is 0 Å². The van der Waals surface area contributed by atoms with Gasteiger partial charge in [0.15, 0.2) is 11.4 Å². The molecule has 7 heterocycles. The van der Waals surface area contributed by atoms with Gasteiger partial charge in [-0.1, -0.05) is 76.3 Å². The Kier molecular flexibility index (Phi) is 39.5. The summed E-state index contributed by atoms with van der Waals surface area (Å²) < 4.78 is 67.8. The number of hydrogen-bond acceptors (Lipinski definition) is 28. The van der Waals surface area contributed by atoms with Crippen molar-refractivity contribution in [2.75, 3.05) is 119 Å². The summed E-state index contributed by atoms with van der Waals surface area (Å²) in [6.07, 6.45) is 15.0. The number of nitrogens with two attached hydrogens (primary N) is 1. The molecule has 1 aromatic carbocycles. The number of unbranched alkanes of at least 4 members (excludes halogenated alkanes) is 1. The maximum atomic E-state index is 14.9. The van der Waals surface area contributed by atoms with Gasteiger partial charge in [0.1, 0.15) is 60.2 Å². The number of cyclic esters (lactones) is 1. The molecule has 10 N–H and O–H groups in total. The number of methoxy groups -OCH3 is 3. The summed E-state index contributed by atoms with van der Waals surface area (Å²) in [5, 5.41) is 68.3. The van der Waals surface area contributed by atoms with Gasteiger partial charge < -0.3 is 104 Å². The summed E-state index contributed by atoms with van der Waals surface area (Å²) in [6, 6.07) is 5.60. The first-order valence-electron chi connectivity index (χ1n) is 43.4. The number of aliphatic hydroxyl groups is 3. The number of anilines is 1. The zero-order valence-electron chi connectivity index (χ0n) is 73.0. The number of H-pyrrole nitrogens is 1. The van der Waals surface area contributed by atoms with E-state index in [0.29, 0.717) is 138 Å². The number of aliphatic hydroxyl groups excluding tert-OH is 2. The molecule has 35 heteroatoms. The predicted octanol–water partition coefficient (Wildman–Crippen LogP) is 7.82. The second-order valence-corrected chi connectivity index (χ2v) is 32.9. The number of ether oxygens (including phenoxy) is 11. The summed E-state index contributed by atoms with van der Waals surface area (Å²) in [4.78, 5) is 108. The third-order valence-electron chi connectivity index (χ3n) is 23.6. The Labute approximate surface area is 719 Å². The maximum absolute atomic E-state index is 14.9. The monoisotopic (exact) mass is 1720 g/mol. The highest BCUT2D eigenvalue weighted by Crippen LogP contribution is 2.41. The quantitative estimate of drug-likeness (QED) is 0.00798. The molecular weight excluding hydrogens is 1590 g/mol. The van der Waals surface area contributed by atoms with Crippen LogP contribution in [0.3, 0.4) is 0 Å². The third-order valence-corrected chi connectivity index (χ3v) is 23.6. The van der Waals surface area contributed by atoms with Crippen molar-refractivity contribution in [1.29, 1.82) is 0 Å². The van der Waals surface area contributed by atoms with Crippen LogP contribution in [-0.2, 0) is 94.0 Å². The van der Waals surface area contributed by atoms with E-state index in [1.54, 1.807) is 74.8 Å². The summed E-state index contributed by atoms with van der Waals surface area (Å²) in [6.45, 7) is 16.9. The molecule has 0 spiro atoms. The lowest BCUT2D eigenvalue weighted by atomic mass is 9.77. The van der Waals surface area contributed by atoms with E-state index in [2.05, 4.69) is 41.2 Å². The van der Waals surface area contributed by atoms with Gasteiger partial charge in [-0.25, -0.2) is 28.9 Å². The van der Waals surface area contributed by atoms with Crippen molar-refractivity contribution in [3.63, 3.8) is 0 Å². The fourth-order valence-electron chi connectivity index (χ4n) is 16.5. The van der Waals surface area contributed by atoms with Crippen molar-refractivity contribution < 1.29 is 106 Å². The molecule has 4 aliphatic rings. The molecule has 1 aliphatic carbocycles. The Morgan fingerprint density at radius 2 is 1.43 bits per heavy atom. The number of aromatic nitrogens is 8. The number of nitrogen functional groups attached to an aromatic ring is 1. The lowest BCUT2D eigenvalue weighted by Crippen LogP contribution is -2.61. The fraction of sp³-hybridized carbons (Fsp3) is 0.659. The van der Waals surface area contributed by atoms with Crippen LogP contribution in [0.5, 0.6) is 5.75 Å². The first-order valence-corrected chi connectivity index (χ1v) is 43.4. The van der Waals surface area contributed by atoms with Gasteiger partial charge in [-0.3, -0.25) is 24.0 Å². The number of esters is 1. The van der Waals surface area contributed by atoms with Crippen LogP contribution in [0.1, 0.15) is 163 Å². The Hall–Kier alpha value is -8.98. The molecule has 5 aromatic rings. The lowest BCUT2D eigenvalue weighted by molar-refractivity contribution is -0.265. The van der Waals surface area contributed by atoms with Gasteiger partial charge in [0.2, 0.25) is 17.6 Å². The van der Waals surface area contributed by atoms with Crippen LogP contribution in [0.15, 0.2) is 84.4 Å². The van der Waals surface area contributed by atoms with E-state index in [4.69, 9.17) is 62.9 Å². The number of phenols is 1. The van der Waals surface area contributed by atoms with Gasteiger partial charge in [0, 0.05) is 108 Å². The Balaban J connectivity index is 0.634. The number of aryl methyl sites for hydroxylation is 1. The number of ketones is 2. The topological polar surface area (TPSA) is 457 Å². The molecule has 3 fully saturated rings. The molecule has 4 aromatic heterocycles. The average molecular weight is 1720 g/mol. The van der Waals surface area contributed by atoms with E-state index in [1.807, 2.05) is 64.1 Å². The Bertz CT molecular complexity index is 4340. The molecule has 680 valence electrons. The molecule has 9 rings (SSSR count). The number of aromatic hydroxyl groups is 1. The summed E-state index contributed by atoms with van der Waals surface area (Å²) >= 11 is 0. The minimum absolute atomic E-state index is 0.0499. The van der Waals surface area contributed by atoms with E-state index >= 15 is 0 Å². The van der Waals surface area contributed by atoms with Crippen LogP contribution < -0.4 is 21.7 Å². The van der Waals surface area contributed by atoms with Gasteiger partial charge in [-0.05, 0) is 144 Å². The summed E-state index contributed by atoms with van der Waals surface area (Å²) in [5.41, 5.74) is 10.7. The number of alkyl carbamates (subject to hydrolysis) is 1. The van der Waals surface area contributed by atoms with Crippen LogP contribution in [-0.4, -0.2) is 275 Å². The second-order valence-electron chi connectivity index (χ2n) is 32.9. The zero-order chi connectivity index (χ0) is 88.5. The predicted molar refractivity (Wildman–Crippen MR) is 455 cm³/mol. The van der Waals surface area contributed by atoms with Crippen molar-refractivity contribution in [3.8, 4) is 17.1 Å². The molecule has 1 saturated carbocycles. The SMILES string of the molecule is CO[C@H]1C[C@@H]2CC[C@@H](C)[C@@](O)(O2)C(=O)C(=O)N2CCCC[C@H]2C(=O)O[C@H]([C@H](C)C[C@@H]2CC[C@H](n3cc(COC(=O)NCCOCCOCCOCCC(=O)NCCOCCOCCC(=O)NCCCCn4nc(-c5cc6cc(O)ccc6[nH]5)c5c(N)ncnc54)nn3)[C@H](OC)C2)C[C@@H](OC)[C@H](C)/C=C(\C)[C@@H](O)[C@@H](O)C(=O)[C@H](C)C[C@H](C)/C=C/C=C/C=C/1C. The van der Waals surface area contributed by atoms with Gasteiger partial charge in [-0.15, -0.1) is 5.10 Å². The minimum Gasteiger partial charge on any atom is -0.508 e. The van der Waals surface area contributed by atoms with Crippen LogP contribution in [0, 0.1) is 35.5 Å². The van der Waals surface area contributed by atoms with Gasteiger partial charge >= 0.3 is 12.1 Å². The van der Waals surface area contributed by atoms with E-state index in [1.165, 1.54) is 18.3 Å². The highest BCUT2D eigenvalue weighted by molar-refractivity contribution is 6.39. The number of amides is 4. The van der Waals surface area contributed by atoms with Crippen molar-refractivity contribution in [2.24, 2.45) is 35.5 Å². The highest BCUT2D eigenvalue weighted by Gasteiger charge is 2.53. The minimum atomic E-state index is -2.47. The number of Topliss-reactive ketones (excluding diaryl/α,β-unsaturated/α-hetero) is 2. The zero-order valence-corrected chi connectivity index (χ0v) is 73.0. The molecule has 123 heavy (non-hydrogen) atoms. The number of fused-ring (bicyclic) bond motifs is 5. The van der Waals surface area contributed by atoms with E-state index in [-0.39, 0.29) is 139 Å². The molecule has 0 radical (unpaired) electrons. The normalized spacial score (nSPS) is 27.4. The first kappa shape index (κ1) is 97.8. The lowest BCUT2D eigenvalue weighted by Gasteiger charge is -2.43. The average Bonchev–Trinajstić information content (AvgIpc) is 1.69. The van der Waals surface area contributed by atoms with Crippen LogP contribution >= 0.6 is 0 Å². The number of aromatic amines is 1. The van der Waals surface area contributed by atoms with E-state index < -0.39 is 95.7 Å². The van der Waals surface area contributed by atoms with Gasteiger partial charge in [0.05, 0.1) is 114 Å². The largest absolute Gasteiger partial charge is 0.508 e. The Morgan fingerprint density at radius 1 is 0.740 bits per heavy atom. The number of piperidine rings is 1. The number of carbonyl (C=O) groups is 7. The maximum Gasteiger partial charge on any atom is 0.407 e. The van der Waals surface area contributed by atoms with Gasteiger partial charge in [0.25, 0.3) is 11.7 Å². The summed E-state index contributed by atoms with van der Waals surface area (Å²) in [5.74, 6) is -7.71. The summed E-state index contributed by atoms with van der Waals surface area (Å²) in [7, 11) is 4.75. The molecule has 2 saturated heterocycles. The number of phenolic OH excluding ortho intramolecular Hbond substituents is 1. The number of allylic oxidation sites excluding steroid dienone is 5. The molecule has 4 amide bonds. The molecule has 16 atom stereocenters. The van der Waals surface area contributed by atoms with Crippen LogP contribution in [0.25, 0.3) is 33.3 Å². The molecule has 0 unspecified atom stereocenters. The number of nitrogens with zero attached hydrogens (tertiary/aromatic N) is 8. The fourth-order valence-corrected chi connectivity index (χ4v) is 16.5. The smallest absolute Gasteiger partial charge is 0.407 e. The number of carbonyl (C=O) groups excluding carboxylic acids is 7. The van der Waals surface area contributed by atoms with Gasteiger partial charge in [-0.2, -0.15) is 5.10 Å². The van der Waals surface area contributed by atoms with Crippen molar-refractivity contribution in [3.05, 3.63) is 90.1 Å². The Morgan fingerprint density at radius 3 is 2.14 bits per heavy atom. The van der Waals surface area contributed by atoms with Crippen molar-refractivity contribution in [1.82, 2.24) is 60.6 Å². The number of hydrogen-bond donors (Lipinski definition) is 9.